The summed E-state index contributed by atoms with van der Waals surface area (Å²) in [6.07, 6.45) is 0. The quantitative estimate of drug-likeness (QED) is 0.682. The van der Waals surface area contributed by atoms with Gasteiger partial charge in [0.1, 0.15) is 0 Å². The minimum absolute atomic E-state index is 0.254. The van der Waals surface area contributed by atoms with Crippen molar-refractivity contribution in [2.24, 2.45) is 5.92 Å². The van der Waals surface area contributed by atoms with Gasteiger partial charge in [0.2, 0.25) is 0 Å². The molecule has 1 nitrogen and oxygen atoms in total. The molecule has 0 saturated carbocycles. The van der Waals surface area contributed by atoms with E-state index in [4.69, 9.17) is 0 Å². The summed E-state index contributed by atoms with van der Waals surface area (Å²) in [6, 6.07) is 0.856. The van der Waals surface area contributed by atoms with Crippen LogP contribution in [0, 0.1) is 5.92 Å². The predicted octanol–water partition coefficient (Wildman–Crippen LogP) is 2.76. The highest BCUT2D eigenvalue weighted by molar-refractivity contribution is 8.33. The van der Waals surface area contributed by atoms with Crippen LogP contribution in [0.25, 0.3) is 0 Å². The summed E-state index contributed by atoms with van der Waals surface area (Å²) in [5.74, 6) is 6.57. The second-order valence-electron chi connectivity index (χ2n) is 4.67. The maximum atomic E-state index is 2.60. The van der Waals surface area contributed by atoms with E-state index in [-0.39, 0.29) is 10.0 Å². The van der Waals surface area contributed by atoms with E-state index < -0.39 is 0 Å². The van der Waals surface area contributed by atoms with Crippen LogP contribution in [0.3, 0.4) is 0 Å². The number of hydrogen-bond acceptors (Lipinski definition) is 1. The number of nitrogens with zero attached hydrogens (tertiary/aromatic N) is 1. The largest absolute Gasteiger partial charge is 0.295 e. The van der Waals surface area contributed by atoms with E-state index >= 15 is 0 Å². The predicted molar refractivity (Wildman–Crippen MR) is 64.8 cm³/mol. The van der Waals surface area contributed by atoms with Crippen molar-refractivity contribution in [1.29, 1.82) is 0 Å². The van der Waals surface area contributed by atoms with Crippen molar-refractivity contribution in [2.45, 2.75) is 33.7 Å². The van der Waals surface area contributed by atoms with Gasteiger partial charge in [0.05, 0.1) is 0 Å². The lowest BCUT2D eigenvalue weighted by Crippen LogP contribution is -2.31. The summed E-state index contributed by atoms with van der Waals surface area (Å²) in [7, 11) is 2.06. The second kappa shape index (κ2) is 4.22. The smallest absolute Gasteiger partial charge is 0.0291 e. The Morgan fingerprint density at radius 2 is 1.85 bits per heavy atom. The van der Waals surface area contributed by atoms with Gasteiger partial charge in [-0.15, -0.1) is 0 Å². The fourth-order valence-corrected chi connectivity index (χ4v) is 6.16. The third-order valence-corrected chi connectivity index (χ3v) is 8.02. The van der Waals surface area contributed by atoms with E-state index in [1.807, 2.05) is 0 Å². The van der Waals surface area contributed by atoms with E-state index in [9.17, 15) is 0 Å². The van der Waals surface area contributed by atoms with Gasteiger partial charge >= 0.3 is 0 Å². The molecule has 0 aliphatic carbocycles. The number of hydrogen-bond donors (Lipinski definition) is 0. The van der Waals surface area contributed by atoms with Crippen LogP contribution in [-0.2, 0) is 0 Å². The summed E-state index contributed by atoms with van der Waals surface area (Å²) in [4.78, 5) is 2.60. The lowest BCUT2D eigenvalue weighted by molar-refractivity contribution is 0.261. The SMILES string of the molecule is CCS1(CC)CC(C(C)C)N(C)C1. The molecule has 1 saturated heterocycles. The van der Waals surface area contributed by atoms with E-state index in [0.29, 0.717) is 0 Å². The molecule has 1 aliphatic rings. The third-order valence-electron chi connectivity index (χ3n) is 3.56. The van der Waals surface area contributed by atoms with Gasteiger partial charge in [-0.3, -0.25) is 4.90 Å². The van der Waals surface area contributed by atoms with Crippen LogP contribution in [-0.4, -0.2) is 41.1 Å². The van der Waals surface area contributed by atoms with Gasteiger partial charge in [-0.1, -0.05) is 27.7 Å². The summed E-state index contributed by atoms with van der Waals surface area (Å²) in [5, 5.41) is 0. The van der Waals surface area contributed by atoms with Crippen molar-refractivity contribution in [1.82, 2.24) is 4.90 Å². The second-order valence-corrected chi connectivity index (χ2v) is 8.86. The van der Waals surface area contributed by atoms with Crippen molar-refractivity contribution in [3.8, 4) is 0 Å². The van der Waals surface area contributed by atoms with Crippen molar-refractivity contribution in [2.75, 3.05) is 30.2 Å². The Kier molecular flexibility index (Phi) is 3.70. The van der Waals surface area contributed by atoms with Crippen molar-refractivity contribution in [3.63, 3.8) is 0 Å². The average Bonchev–Trinajstić information content (AvgIpc) is 2.44. The highest BCUT2D eigenvalue weighted by atomic mass is 32.3. The summed E-state index contributed by atoms with van der Waals surface area (Å²) in [6.45, 7) is 9.49. The maximum Gasteiger partial charge on any atom is 0.0291 e. The molecule has 0 spiro atoms. The summed E-state index contributed by atoms with van der Waals surface area (Å²) >= 11 is 0. The van der Waals surface area contributed by atoms with Crippen molar-refractivity contribution in [3.05, 3.63) is 0 Å². The lowest BCUT2D eigenvalue weighted by atomic mass is 10.1. The average molecular weight is 203 g/mol. The molecule has 1 heterocycles. The highest BCUT2D eigenvalue weighted by Gasteiger charge is 2.36. The molecule has 1 aliphatic heterocycles. The van der Waals surface area contributed by atoms with Crippen LogP contribution >= 0.6 is 10.0 Å². The molecule has 1 rings (SSSR count). The maximum absolute atomic E-state index is 2.60. The fraction of sp³-hybridized carbons (Fsp3) is 1.00. The van der Waals surface area contributed by atoms with Crippen LogP contribution in [0.2, 0.25) is 0 Å². The van der Waals surface area contributed by atoms with Crippen LogP contribution in [0.4, 0.5) is 0 Å². The number of rotatable bonds is 3. The van der Waals surface area contributed by atoms with Crippen LogP contribution in [0.5, 0.6) is 0 Å². The van der Waals surface area contributed by atoms with Crippen LogP contribution in [0.1, 0.15) is 27.7 Å². The molecule has 0 amide bonds. The van der Waals surface area contributed by atoms with E-state index in [2.05, 4.69) is 39.6 Å². The molecular formula is C11H25NS. The molecule has 2 heteroatoms. The summed E-state index contributed by atoms with van der Waals surface area (Å²) in [5.41, 5.74) is 0. The molecule has 1 unspecified atom stereocenters. The molecule has 1 fully saturated rings. The monoisotopic (exact) mass is 203 g/mol. The Labute approximate surface area is 85.2 Å². The fourth-order valence-electron chi connectivity index (χ4n) is 2.39. The lowest BCUT2D eigenvalue weighted by Gasteiger charge is -2.32. The van der Waals surface area contributed by atoms with E-state index in [1.54, 1.807) is 0 Å². The minimum Gasteiger partial charge on any atom is -0.295 e. The summed E-state index contributed by atoms with van der Waals surface area (Å²) < 4.78 is 0. The van der Waals surface area contributed by atoms with Crippen molar-refractivity contribution >= 4 is 10.0 Å². The van der Waals surface area contributed by atoms with Crippen LogP contribution < -0.4 is 0 Å². The molecule has 1 atom stereocenters. The Hall–Kier alpha value is 0.310. The molecule has 0 aromatic heterocycles. The Morgan fingerprint density at radius 3 is 2.08 bits per heavy atom. The standard InChI is InChI=1S/C11H25NS/c1-6-13(7-2)8-11(10(3)4)12(5)9-13/h10-11H,6-9H2,1-5H3. The first-order valence-corrected chi connectivity index (χ1v) is 7.80. The molecule has 80 valence electrons. The normalized spacial score (nSPS) is 31.1. The molecular weight excluding hydrogens is 178 g/mol. The topological polar surface area (TPSA) is 3.24 Å². The van der Waals surface area contributed by atoms with Gasteiger partial charge in [-0.25, -0.2) is 10.0 Å². The van der Waals surface area contributed by atoms with Gasteiger partial charge in [-0.05, 0) is 30.2 Å². The zero-order valence-corrected chi connectivity index (χ0v) is 10.7. The van der Waals surface area contributed by atoms with Crippen molar-refractivity contribution < 1.29 is 0 Å². The first-order chi connectivity index (χ1) is 6.04. The molecule has 0 bridgehead atoms. The molecule has 0 radical (unpaired) electrons. The zero-order valence-electron chi connectivity index (χ0n) is 9.84. The van der Waals surface area contributed by atoms with Gasteiger partial charge in [0.25, 0.3) is 0 Å². The van der Waals surface area contributed by atoms with Crippen LogP contribution in [0.15, 0.2) is 0 Å². The third kappa shape index (κ3) is 2.21. The molecule has 0 aromatic rings. The first kappa shape index (κ1) is 11.4. The van der Waals surface area contributed by atoms with Gasteiger partial charge in [-0.2, -0.15) is 0 Å². The minimum atomic E-state index is -0.254. The first-order valence-electron chi connectivity index (χ1n) is 5.49. The van der Waals surface area contributed by atoms with E-state index in [1.165, 1.54) is 23.1 Å². The van der Waals surface area contributed by atoms with Gasteiger partial charge < -0.3 is 0 Å². The Morgan fingerprint density at radius 1 is 1.31 bits per heavy atom. The van der Waals surface area contributed by atoms with E-state index in [0.717, 1.165) is 12.0 Å². The molecule has 13 heavy (non-hydrogen) atoms. The zero-order chi connectivity index (χ0) is 10.1. The Bertz CT molecular complexity index is 163. The van der Waals surface area contributed by atoms with Gasteiger partial charge in [0.15, 0.2) is 0 Å². The highest BCUT2D eigenvalue weighted by Crippen LogP contribution is 2.54. The van der Waals surface area contributed by atoms with Gasteiger partial charge in [0, 0.05) is 11.9 Å². The molecule has 0 aromatic carbocycles. The Balaban J connectivity index is 2.67. The molecule has 0 N–H and O–H groups in total.